The van der Waals surface area contributed by atoms with Crippen LogP contribution in [0.25, 0.3) is 10.9 Å². The number of nitrogens with zero attached hydrogens (tertiary/aromatic N) is 2. The topological polar surface area (TPSA) is 109 Å². The summed E-state index contributed by atoms with van der Waals surface area (Å²) in [5.74, 6) is 0.695. The molecule has 1 atom stereocenters. The molecule has 0 fully saturated rings. The summed E-state index contributed by atoms with van der Waals surface area (Å²) in [4.78, 5) is 42.0. The van der Waals surface area contributed by atoms with Gasteiger partial charge in [0.15, 0.2) is 16.7 Å². The molecule has 1 amide bonds. The first-order chi connectivity index (χ1) is 16.0. The van der Waals surface area contributed by atoms with Crippen molar-refractivity contribution >= 4 is 34.5 Å². The molecular formula is C23H23N3O6S. The Balaban J connectivity index is 1.49. The molecule has 1 aromatic heterocycles. The molecule has 0 saturated heterocycles. The number of nitrogens with one attached hydrogen (secondary N) is 1. The highest BCUT2D eigenvalue weighted by Gasteiger charge is 2.20. The molecule has 172 valence electrons. The van der Waals surface area contributed by atoms with Crippen molar-refractivity contribution in [2.45, 2.75) is 36.8 Å². The summed E-state index contributed by atoms with van der Waals surface area (Å²) in [5.41, 5.74) is 1.15. The van der Waals surface area contributed by atoms with Crippen molar-refractivity contribution in [2.24, 2.45) is 0 Å². The minimum Gasteiger partial charge on any atom is -0.469 e. The second-order valence-electron chi connectivity index (χ2n) is 7.36. The number of rotatable bonds is 8. The first-order valence-electron chi connectivity index (χ1n) is 10.4. The number of para-hydroxylation sites is 1. The molecule has 2 heterocycles. The fourth-order valence-corrected chi connectivity index (χ4v) is 4.29. The van der Waals surface area contributed by atoms with Crippen LogP contribution < -0.4 is 20.3 Å². The third-order valence-corrected chi connectivity index (χ3v) is 6.24. The van der Waals surface area contributed by atoms with E-state index in [-0.39, 0.29) is 31.2 Å². The lowest BCUT2D eigenvalue weighted by Gasteiger charge is -2.16. The Hall–Kier alpha value is -3.53. The Morgan fingerprint density at radius 1 is 1.21 bits per heavy atom. The molecule has 9 nitrogen and oxygen atoms in total. The molecule has 2 aromatic carbocycles. The lowest BCUT2D eigenvalue weighted by Crippen LogP contribution is -2.32. The number of fused-ring (bicyclic) bond motifs is 2. The molecule has 0 radical (unpaired) electrons. The zero-order chi connectivity index (χ0) is 23.4. The SMILES string of the molecule is COC(=O)CCn1c(S[C@H](C)C(=O)NCc2ccc3c(c2)OCO3)nc2ccccc2c1=O. The fourth-order valence-electron chi connectivity index (χ4n) is 3.34. The minimum absolute atomic E-state index is 0.0225. The van der Waals surface area contributed by atoms with Gasteiger partial charge < -0.3 is 19.5 Å². The number of esters is 1. The molecule has 0 saturated carbocycles. The molecule has 10 heteroatoms. The van der Waals surface area contributed by atoms with E-state index >= 15 is 0 Å². The van der Waals surface area contributed by atoms with Crippen molar-refractivity contribution in [1.82, 2.24) is 14.9 Å². The van der Waals surface area contributed by atoms with Crippen LogP contribution in [-0.2, 0) is 27.4 Å². The van der Waals surface area contributed by atoms with E-state index in [0.29, 0.717) is 34.1 Å². The van der Waals surface area contributed by atoms with Crippen LogP contribution in [0.5, 0.6) is 11.5 Å². The van der Waals surface area contributed by atoms with Gasteiger partial charge in [-0.1, -0.05) is 30.0 Å². The Bertz CT molecular complexity index is 1260. The smallest absolute Gasteiger partial charge is 0.307 e. The Morgan fingerprint density at radius 2 is 2.00 bits per heavy atom. The predicted octanol–water partition coefficient (Wildman–Crippen LogP) is 2.49. The van der Waals surface area contributed by atoms with Crippen LogP contribution in [0.15, 0.2) is 52.4 Å². The first-order valence-corrected chi connectivity index (χ1v) is 11.2. The second-order valence-corrected chi connectivity index (χ2v) is 8.67. The monoisotopic (exact) mass is 469 g/mol. The van der Waals surface area contributed by atoms with Crippen LogP contribution in [0.1, 0.15) is 18.9 Å². The average molecular weight is 470 g/mol. The fraction of sp³-hybridized carbons (Fsp3) is 0.304. The van der Waals surface area contributed by atoms with Crippen molar-refractivity contribution in [3.8, 4) is 11.5 Å². The van der Waals surface area contributed by atoms with Crippen LogP contribution in [0.4, 0.5) is 0 Å². The third kappa shape index (κ3) is 5.11. The molecule has 1 aliphatic heterocycles. The van der Waals surface area contributed by atoms with Gasteiger partial charge in [0.2, 0.25) is 12.7 Å². The van der Waals surface area contributed by atoms with Gasteiger partial charge in [0.1, 0.15) is 0 Å². The van der Waals surface area contributed by atoms with Crippen molar-refractivity contribution in [1.29, 1.82) is 0 Å². The van der Waals surface area contributed by atoms with E-state index in [1.54, 1.807) is 37.3 Å². The van der Waals surface area contributed by atoms with Crippen molar-refractivity contribution in [3.63, 3.8) is 0 Å². The Labute approximate surface area is 194 Å². The molecule has 3 aromatic rings. The van der Waals surface area contributed by atoms with Gasteiger partial charge in [0, 0.05) is 13.1 Å². The minimum atomic E-state index is -0.531. The number of hydrogen-bond donors (Lipinski definition) is 1. The van der Waals surface area contributed by atoms with E-state index in [4.69, 9.17) is 14.2 Å². The summed E-state index contributed by atoms with van der Waals surface area (Å²) in [5, 5.41) is 3.18. The van der Waals surface area contributed by atoms with Gasteiger partial charge in [-0.3, -0.25) is 19.0 Å². The highest BCUT2D eigenvalue weighted by molar-refractivity contribution is 8.00. The quantitative estimate of drug-likeness (QED) is 0.305. The van der Waals surface area contributed by atoms with Crippen LogP contribution >= 0.6 is 11.8 Å². The molecule has 1 aliphatic rings. The predicted molar refractivity (Wildman–Crippen MR) is 122 cm³/mol. The number of carbonyl (C=O) groups excluding carboxylic acids is 2. The number of ether oxygens (including phenoxy) is 3. The number of hydrogen-bond acceptors (Lipinski definition) is 8. The Kier molecular flexibility index (Phi) is 6.83. The second kappa shape index (κ2) is 9.95. The van der Waals surface area contributed by atoms with Crippen molar-refractivity contribution in [2.75, 3.05) is 13.9 Å². The lowest BCUT2D eigenvalue weighted by molar-refractivity contribution is -0.140. The molecule has 33 heavy (non-hydrogen) atoms. The number of aromatic nitrogens is 2. The lowest BCUT2D eigenvalue weighted by atomic mass is 10.2. The molecule has 0 aliphatic carbocycles. The number of benzene rings is 2. The van der Waals surface area contributed by atoms with E-state index in [2.05, 4.69) is 10.3 Å². The summed E-state index contributed by atoms with van der Waals surface area (Å²) in [7, 11) is 1.30. The normalized spacial score (nSPS) is 13.0. The van der Waals surface area contributed by atoms with E-state index in [1.165, 1.54) is 11.7 Å². The first kappa shape index (κ1) is 22.7. The summed E-state index contributed by atoms with van der Waals surface area (Å²) < 4.78 is 16.8. The number of methoxy groups -OCH3 is 1. The van der Waals surface area contributed by atoms with Gasteiger partial charge >= 0.3 is 5.97 Å². The molecular weight excluding hydrogens is 446 g/mol. The Morgan fingerprint density at radius 3 is 2.82 bits per heavy atom. The summed E-state index contributed by atoms with van der Waals surface area (Å²) in [6, 6.07) is 12.5. The highest BCUT2D eigenvalue weighted by Crippen LogP contribution is 2.32. The van der Waals surface area contributed by atoms with Crippen LogP contribution in [0.2, 0.25) is 0 Å². The van der Waals surface area contributed by atoms with E-state index in [1.807, 2.05) is 12.1 Å². The standard InChI is InChI=1S/C23H23N3O6S/c1-14(21(28)24-12-15-7-8-18-19(11-15)32-13-31-18)33-23-25-17-6-4-3-5-16(17)22(29)26(23)10-9-20(27)30-2/h3-8,11,14H,9-10,12-13H2,1-2H3,(H,24,28)/t14-/m1/s1. The number of amides is 1. The van der Waals surface area contributed by atoms with Crippen molar-refractivity contribution in [3.05, 3.63) is 58.4 Å². The molecule has 0 spiro atoms. The van der Waals surface area contributed by atoms with Gasteiger partial charge in [-0.2, -0.15) is 0 Å². The van der Waals surface area contributed by atoms with Gasteiger partial charge in [0.25, 0.3) is 5.56 Å². The average Bonchev–Trinajstić information content (AvgIpc) is 3.30. The molecule has 1 N–H and O–H groups in total. The van der Waals surface area contributed by atoms with Gasteiger partial charge in [0.05, 0.1) is 29.7 Å². The largest absolute Gasteiger partial charge is 0.469 e. The molecule has 0 unspecified atom stereocenters. The van der Waals surface area contributed by atoms with Crippen molar-refractivity contribution < 1.29 is 23.8 Å². The molecule has 0 bridgehead atoms. The summed E-state index contributed by atoms with van der Waals surface area (Å²) in [6.45, 7) is 2.36. The van der Waals surface area contributed by atoms with E-state index in [9.17, 15) is 14.4 Å². The highest BCUT2D eigenvalue weighted by atomic mass is 32.2. The van der Waals surface area contributed by atoms with Gasteiger partial charge in [-0.15, -0.1) is 0 Å². The molecule has 4 rings (SSSR count). The number of thioether (sulfide) groups is 1. The summed E-state index contributed by atoms with van der Waals surface area (Å²) in [6.07, 6.45) is 0.0225. The van der Waals surface area contributed by atoms with E-state index < -0.39 is 11.2 Å². The maximum Gasteiger partial charge on any atom is 0.307 e. The van der Waals surface area contributed by atoms with Gasteiger partial charge in [-0.05, 0) is 36.8 Å². The van der Waals surface area contributed by atoms with E-state index in [0.717, 1.165) is 17.3 Å². The van der Waals surface area contributed by atoms with Crippen LogP contribution in [0.3, 0.4) is 0 Å². The van der Waals surface area contributed by atoms with Crippen LogP contribution in [0, 0.1) is 0 Å². The maximum atomic E-state index is 13.0. The number of carbonyl (C=O) groups is 2. The third-order valence-electron chi connectivity index (χ3n) is 5.15. The van der Waals surface area contributed by atoms with Gasteiger partial charge in [-0.25, -0.2) is 4.98 Å². The summed E-state index contributed by atoms with van der Waals surface area (Å²) >= 11 is 1.16. The van der Waals surface area contributed by atoms with Crippen LogP contribution in [-0.4, -0.2) is 40.6 Å². The zero-order valence-corrected chi connectivity index (χ0v) is 19.0. The zero-order valence-electron chi connectivity index (χ0n) is 18.2. The maximum absolute atomic E-state index is 13.0.